The molecular weight excluding hydrogens is 372 g/mol. The maximum atomic E-state index is 12.2. The molecule has 0 bridgehead atoms. The summed E-state index contributed by atoms with van der Waals surface area (Å²) in [5, 5.41) is 2.63. The van der Waals surface area contributed by atoms with Gasteiger partial charge in [-0.3, -0.25) is 4.79 Å². The molecule has 1 aliphatic rings. The predicted octanol–water partition coefficient (Wildman–Crippen LogP) is 3.37. The minimum absolute atomic E-state index is 0.119. The number of fused-ring (bicyclic) bond motifs is 1. The molecule has 7 nitrogen and oxygen atoms in total. The first-order valence-electron chi connectivity index (χ1n) is 9.65. The van der Waals surface area contributed by atoms with Gasteiger partial charge in [0.1, 0.15) is 0 Å². The quantitative estimate of drug-likeness (QED) is 0.633. The van der Waals surface area contributed by atoms with E-state index >= 15 is 0 Å². The van der Waals surface area contributed by atoms with Crippen molar-refractivity contribution in [3.05, 3.63) is 53.6 Å². The van der Waals surface area contributed by atoms with Crippen LogP contribution in [0.4, 0.5) is 10.5 Å². The molecule has 0 aliphatic carbocycles. The Hall–Kier alpha value is -3.35. The highest BCUT2D eigenvalue weighted by Crippen LogP contribution is 2.35. The van der Waals surface area contributed by atoms with Gasteiger partial charge in [0.2, 0.25) is 0 Å². The monoisotopic (exact) mass is 396 g/mol. The number of ether oxygens (including phenoxy) is 2. The summed E-state index contributed by atoms with van der Waals surface area (Å²) in [6, 6.07) is 13.6. The van der Waals surface area contributed by atoms with Crippen LogP contribution in [0.3, 0.4) is 0 Å². The third kappa shape index (κ3) is 4.56. The molecule has 1 N–H and O–H groups in total. The zero-order valence-corrected chi connectivity index (χ0v) is 16.6. The van der Waals surface area contributed by atoms with E-state index in [9.17, 15) is 14.4 Å². The number of carbonyl (C=O) groups excluding carboxylic acids is 3. The number of amides is 2. The van der Waals surface area contributed by atoms with Crippen LogP contribution in [0.25, 0.3) is 11.1 Å². The van der Waals surface area contributed by atoms with E-state index in [0.717, 1.165) is 22.3 Å². The molecule has 1 aliphatic heterocycles. The van der Waals surface area contributed by atoms with Crippen LogP contribution in [0.15, 0.2) is 42.5 Å². The summed E-state index contributed by atoms with van der Waals surface area (Å²) in [6.07, 6.45) is 0.215. The van der Waals surface area contributed by atoms with Gasteiger partial charge in [-0.15, -0.1) is 0 Å². The molecule has 0 radical (unpaired) electrons. The number of rotatable bonds is 4. The second kappa shape index (κ2) is 9.23. The maximum absolute atomic E-state index is 12.2. The van der Waals surface area contributed by atoms with E-state index in [2.05, 4.69) is 5.32 Å². The van der Waals surface area contributed by atoms with Crippen molar-refractivity contribution in [3.8, 4) is 11.1 Å². The van der Waals surface area contributed by atoms with Gasteiger partial charge in [-0.2, -0.15) is 0 Å². The van der Waals surface area contributed by atoms with Crippen LogP contribution < -0.4 is 5.32 Å². The van der Waals surface area contributed by atoms with E-state index in [-0.39, 0.29) is 13.2 Å². The lowest BCUT2D eigenvalue weighted by molar-refractivity contribution is -0.152. The van der Waals surface area contributed by atoms with Crippen molar-refractivity contribution < 1.29 is 23.9 Å². The number of nitrogens with zero attached hydrogens (tertiary/aromatic N) is 1. The Morgan fingerprint density at radius 2 is 1.69 bits per heavy atom. The van der Waals surface area contributed by atoms with Crippen LogP contribution in [0.1, 0.15) is 25.0 Å². The Labute approximate surface area is 169 Å². The molecule has 0 fully saturated rings. The van der Waals surface area contributed by atoms with Crippen molar-refractivity contribution in [1.29, 1.82) is 0 Å². The van der Waals surface area contributed by atoms with Gasteiger partial charge in [-0.1, -0.05) is 36.4 Å². The minimum atomic E-state index is -0.938. The molecule has 2 amide bonds. The lowest BCUT2D eigenvalue weighted by Crippen LogP contribution is -2.37. The summed E-state index contributed by atoms with van der Waals surface area (Å²) in [6.45, 7) is 4.61. The highest BCUT2D eigenvalue weighted by Gasteiger charge is 2.27. The van der Waals surface area contributed by atoms with Crippen molar-refractivity contribution in [2.45, 2.75) is 26.8 Å². The molecule has 0 unspecified atom stereocenters. The van der Waals surface area contributed by atoms with E-state index in [1.165, 1.54) is 0 Å². The standard InChI is InChI=1S/C22H24N2O5/c1-3-28-21(26)20(25)23-19-11-10-16(15-8-6-5-7-9-15)17-12-13-24(14-18(17)19)22(27)29-4-2/h5-11H,3-4,12-14H2,1-2H3,(H,23,25). The molecule has 0 saturated carbocycles. The molecular formula is C22H24N2O5. The fraction of sp³-hybridized carbons (Fsp3) is 0.318. The molecule has 0 spiro atoms. The molecule has 0 atom stereocenters. The minimum Gasteiger partial charge on any atom is -0.459 e. The molecule has 1 heterocycles. The summed E-state index contributed by atoms with van der Waals surface area (Å²) >= 11 is 0. The third-order valence-corrected chi connectivity index (χ3v) is 4.73. The second-order valence-corrected chi connectivity index (χ2v) is 6.53. The molecule has 0 aromatic heterocycles. The Kier molecular flexibility index (Phi) is 6.49. The Morgan fingerprint density at radius 3 is 2.38 bits per heavy atom. The zero-order chi connectivity index (χ0) is 20.8. The fourth-order valence-electron chi connectivity index (χ4n) is 3.42. The smallest absolute Gasteiger partial charge is 0.410 e. The molecule has 29 heavy (non-hydrogen) atoms. The topological polar surface area (TPSA) is 84.9 Å². The molecule has 2 aromatic rings. The second-order valence-electron chi connectivity index (χ2n) is 6.53. The first kappa shape index (κ1) is 20.4. The van der Waals surface area contributed by atoms with Crippen LogP contribution in [-0.2, 0) is 32.0 Å². The Balaban J connectivity index is 1.98. The lowest BCUT2D eigenvalue weighted by Gasteiger charge is -2.31. The molecule has 3 rings (SSSR count). The van der Waals surface area contributed by atoms with Crippen LogP contribution in [0.5, 0.6) is 0 Å². The van der Waals surface area contributed by atoms with Crippen molar-refractivity contribution in [3.63, 3.8) is 0 Å². The maximum Gasteiger partial charge on any atom is 0.410 e. The molecule has 2 aromatic carbocycles. The fourth-order valence-corrected chi connectivity index (χ4v) is 3.42. The van der Waals surface area contributed by atoms with Crippen LogP contribution in [0, 0.1) is 0 Å². The summed E-state index contributed by atoms with van der Waals surface area (Å²) < 4.78 is 9.90. The first-order valence-corrected chi connectivity index (χ1v) is 9.65. The molecule has 7 heteroatoms. The van der Waals surface area contributed by atoms with Crippen LogP contribution >= 0.6 is 0 Å². The Morgan fingerprint density at radius 1 is 0.966 bits per heavy atom. The highest BCUT2D eigenvalue weighted by molar-refractivity contribution is 6.37. The summed E-state index contributed by atoms with van der Waals surface area (Å²) in [4.78, 5) is 37.7. The van der Waals surface area contributed by atoms with E-state index in [0.29, 0.717) is 25.3 Å². The van der Waals surface area contributed by atoms with Crippen LogP contribution in [-0.4, -0.2) is 42.6 Å². The Bertz CT molecular complexity index is 911. The summed E-state index contributed by atoms with van der Waals surface area (Å²) in [5.74, 6) is -1.78. The summed E-state index contributed by atoms with van der Waals surface area (Å²) in [7, 11) is 0. The van der Waals surface area contributed by atoms with E-state index in [1.807, 2.05) is 36.4 Å². The largest absolute Gasteiger partial charge is 0.459 e. The average Bonchev–Trinajstić information content (AvgIpc) is 2.74. The first-order chi connectivity index (χ1) is 14.0. The molecule has 152 valence electrons. The van der Waals surface area contributed by atoms with E-state index < -0.39 is 18.0 Å². The number of benzene rings is 2. The number of hydrogen-bond donors (Lipinski definition) is 1. The number of hydrogen-bond acceptors (Lipinski definition) is 5. The van der Waals surface area contributed by atoms with Gasteiger partial charge in [-0.25, -0.2) is 9.59 Å². The van der Waals surface area contributed by atoms with E-state index in [1.54, 1.807) is 24.8 Å². The van der Waals surface area contributed by atoms with Gasteiger partial charge in [-0.05, 0) is 48.6 Å². The molecule has 0 saturated heterocycles. The number of esters is 1. The number of carbonyl (C=O) groups is 3. The predicted molar refractivity (Wildman–Crippen MR) is 108 cm³/mol. The van der Waals surface area contributed by atoms with E-state index in [4.69, 9.17) is 9.47 Å². The normalized spacial score (nSPS) is 12.7. The lowest BCUT2D eigenvalue weighted by atomic mass is 9.89. The van der Waals surface area contributed by atoms with Crippen molar-refractivity contribution in [2.75, 3.05) is 25.1 Å². The van der Waals surface area contributed by atoms with Gasteiger partial charge in [0.15, 0.2) is 0 Å². The van der Waals surface area contributed by atoms with Gasteiger partial charge in [0.05, 0.1) is 19.8 Å². The van der Waals surface area contributed by atoms with Crippen molar-refractivity contribution >= 4 is 23.7 Å². The summed E-state index contributed by atoms with van der Waals surface area (Å²) in [5.41, 5.74) is 4.42. The van der Waals surface area contributed by atoms with Gasteiger partial charge in [0, 0.05) is 12.2 Å². The van der Waals surface area contributed by atoms with Crippen molar-refractivity contribution in [2.24, 2.45) is 0 Å². The third-order valence-electron chi connectivity index (χ3n) is 4.73. The van der Waals surface area contributed by atoms with Crippen LogP contribution in [0.2, 0.25) is 0 Å². The van der Waals surface area contributed by atoms with Gasteiger partial charge < -0.3 is 19.7 Å². The van der Waals surface area contributed by atoms with Gasteiger partial charge in [0.25, 0.3) is 0 Å². The SMILES string of the molecule is CCOC(=O)C(=O)Nc1ccc(-c2ccccc2)c2c1CN(C(=O)OCC)CC2. The number of anilines is 1. The van der Waals surface area contributed by atoms with Gasteiger partial charge >= 0.3 is 18.0 Å². The average molecular weight is 396 g/mol. The van der Waals surface area contributed by atoms with Crippen molar-refractivity contribution in [1.82, 2.24) is 4.90 Å². The number of nitrogens with one attached hydrogen (secondary N) is 1. The zero-order valence-electron chi connectivity index (χ0n) is 16.6. The highest BCUT2D eigenvalue weighted by atomic mass is 16.6.